The van der Waals surface area contributed by atoms with Crippen LogP contribution in [0.5, 0.6) is 11.5 Å². The van der Waals surface area contributed by atoms with Crippen molar-refractivity contribution < 1.29 is 31.8 Å². The number of halogens is 4. The third kappa shape index (κ3) is 7.09. The number of nitrogens with one attached hydrogen (secondary N) is 1. The van der Waals surface area contributed by atoms with Gasteiger partial charge in [-0.25, -0.2) is 4.39 Å². The summed E-state index contributed by atoms with van der Waals surface area (Å²) in [6.07, 6.45) is -2.47. The number of aliphatic imine (C=N–C) groups is 1. The number of amides is 1. The number of carbonyl (C=O) groups excluding carboxylic acids is 1. The molecule has 0 aromatic heterocycles. The molecular formula is C25H22F4N4O3S. The lowest BCUT2D eigenvalue weighted by Crippen LogP contribution is -2.37. The van der Waals surface area contributed by atoms with Crippen molar-refractivity contribution in [1.29, 1.82) is 5.26 Å². The second kappa shape index (κ2) is 11.8. The first kappa shape index (κ1) is 26.7. The number of carbonyl (C=O) groups is 1. The quantitative estimate of drug-likeness (QED) is 0.311. The average molecular weight is 535 g/mol. The summed E-state index contributed by atoms with van der Waals surface area (Å²) < 4.78 is 65.3. The van der Waals surface area contributed by atoms with E-state index in [2.05, 4.69) is 15.2 Å². The van der Waals surface area contributed by atoms with E-state index in [9.17, 15) is 22.4 Å². The Labute approximate surface area is 214 Å². The highest BCUT2D eigenvalue weighted by Crippen LogP contribution is 2.39. The zero-order valence-electron chi connectivity index (χ0n) is 19.5. The van der Waals surface area contributed by atoms with Gasteiger partial charge in [0.15, 0.2) is 16.7 Å². The normalized spacial score (nSPS) is 17.5. The van der Waals surface area contributed by atoms with Gasteiger partial charge in [0.25, 0.3) is 5.91 Å². The molecule has 194 valence electrons. The standard InChI is InChI=1S/C25H22F4N4O3S/c26-19-13-16(2-5-21(19)36-20-4-3-17(15-30)12-18(20)25(27,28)29)14-22-23(34)32-24(37-22)31-6-1-7-33-8-10-35-11-9-33/h2-5,12-14H,1,6-11H2,(H,31,32,34)/b22-14+. The molecule has 2 aliphatic rings. The lowest BCUT2D eigenvalue weighted by atomic mass is 10.1. The fourth-order valence-corrected chi connectivity index (χ4v) is 4.52. The van der Waals surface area contributed by atoms with Crippen LogP contribution in [0.15, 0.2) is 46.3 Å². The molecule has 2 heterocycles. The van der Waals surface area contributed by atoms with E-state index in [0.29, 0.717) is 23.3 Å². The summed E-state index contributed by atoms with van der Waals surface area (Å²) in [6.45, 7) is 4.81. The van der Waals surface area contributed by atoms with E-state index in [4.69, 9.17) is 14.7 Å². The van der Waals surface area contributed by atoms with E-state index < -0.39 is 35.0 Å². The van der Waals surface area contributed by atoms with Crippen LogP contribution < -0.4 is 10.1 Å². The van der Waals surface area contributed by atoms with Gasteiger partial charge in [-0.3, -0.25) is 9.69 Å². The molecule has 0 atom stereocenters. The largest absolute Gasteiger partial charge is 0.454 e. The maximum Gasteiger partial charge on any atom is 0.420 e. The third-order valence-corrected chi connectivity index (χ3v) is 6.48. The monoisotopic (exact) mass is 534 g/mol. The van der Waals surface area contributed by atoms with E-state index in [0.717, 1.165) is 69.2 Å². The fraction of sp³-hybridized carbons (Fsp3) is 0.320. The predicted molar refractivity (Wildman–Crippen MR) is 131 cm³/mol. The van der Waals surface area contributed by atoms with Crippen LogP contribution in [0.2, 0.25) is 0 Å². The van der Waals surface area contributed by atoms with Crippen molar-refractivity contribution in [3.05, 3.63) is 63.8 Å². The molecule has 1 saturated heterocycles. The molecule has 37 heavy (non-hydrogen) atoms. The van der Waals surface area contributed by atoms with Gasteiger partial charge < -0.3 is 14.8 Å². The highest BCUT2D eigenvalue weighted by molar-refractivity contribution is 8.18. The molecule has 0 spiro atoms. The predicted octanol–water partition coefficient (Wildman–Crippen LogP) is 4.79. The molecule has 0 saturated carbocycles. The highest BCUT2D eigenvalue weighted by atomic mass is 32.2. The fourth-order valence-electron chi connectivity index (χ4n) is 3.68. The average Bonchev–Trinajstić information content (AvgIpc) is 3.22. The van der Waals surface area contributed by atoms with Crippen LogP contribution in [-0.4, -0.2) is 55.4 Å². The van der Waals surface area contributed by atoms with Crippen molar-refractivity contribution >= 4 is 28.9 Å². The third-order valence-electron chi connectivity index (χ3n) is 5.54. The Balaban J connectivity index is 1.37. The number of hydrogen-bond acceptors (Lipinski definition) is 7. The summed E-state index contributed by atoms with van der Waals surface area (Å²) in [7, 11) is 0. The molecule has 12 heteroatoms. The maximum absolute atomic E-state index is 14.7. The number of ether oxygens (including phenoxy) is 2. The van der Waals surface area contributed by atoms with Gasteiger partial charge in [-0.05, 0) is 66.7 Å². The summed E-state index contributed by atoms with van der Waals surface area (Å²) in [4.78, 5) is 18.8. The smallest absolute Gasteiger partial charge is 0.420 e. The Bertz CT molecular complexity index is 1270. The summed E-state index contributed by atoms with van der Waals surface area (Å²) in [5.74, 6) is -2.43. The lowest BCUT2D eigenvalue weighted by Gasteiger charge is -2.26. The van der Waals surface area contributed by atoms with Crippen molar-refractivity contribution in [2.24, 2.45) is 4.99 Å². The van der Waals surface area contributed by atoms with Crippen LogP contribution in [0.4, 0.5) is 17.6 Å². The Kier molecular flexibility index (Phi) is 8.48. The first-order chi connectivity index (χ1) is 17.7. The summed E-state index contributed by atoms with van der Waals surface area (Å²) in [6, 6.07) is 8.05. The van der Waals surface area contributed by atoms with Gasteiger partial charge in [0.2, 0.25) is 0 Å². The number of amidine groups is 1. The Morgan fingerprint density at radius 1 is 1.19 bits per heavy atom. The highest BCUT2D eigenvalue weighted by Gasteiger charge is 2.35. The molecule has 1 N–H and O–H groups in total. The first-order valence-electron chi connectivity index (χ1n) is 11.4. The van der Waals surface area contributed by atoms with Gasteiger partial charge in [0.05, 0.1) is 35.3 Å². The SMILES string of the molecule is N#Cc1ccc(Oc2ccc(/C=C3/SC(NCCCN4CCOCC4)=NC3=O)cc2F)c(C(F)(F)F)c1. The molecule has 1 amide bonds. The second-order valence-electron chi connectivity index (χ2n) is 8.18. The van der Waals surface area contributed by atoms with E-state index in [-0.39, 0.29) is 10.5 Å². The van der Waals surface area contributed by atoms with Crippen LogP contribution in [0.25, 0.3) is 6.08 Å². The Hall–Kier alpha value is -3.40. The molecular weight excluding hydrogens is 512 g/mol. The molecule has 0 aliphatic carbocycles. The molecule has 4 rings (SSSR count). The van der Waals surface area contributed by atoms with E-state index in [1.165, 1.54) is 18.2 Å². The van der Waals surface area contributed by atoms with Gasteiger partial charge in [0, 0.05) is 19.6 Å². The van der Waals surface area contributed by atoms with Crippen molar-refractivity contribution in [3.8, 4) is 17.6 Å². The van der Waals surface area contributed by atoms with Crippen LogP contribution in [0.3, 0.4) is 0 Å². The molecule has 0 unspecified atom stereocenters. The first-order valence-corrected chi connectivity index (χ1v) is 12.2. The topological polar surface area (TPSA) is 86.9 Å². The number of thioether (sulfide) groups is 1. The van der Waals surface area contributed by atoms with Crippen molar-refractivity contribution in [3.63, 3.8) is 0 Å². The maximum atomic E-state index is 14.7. The van der Waals surface area contributed by atoms with Crippen LogP contribution >= 0.6 is 11.8 Å². The summed E-state index contributed by atoms with van der Waals surface area (Å²) in [5, 5.41) is 12.5. The van der Waals surface area contributed by atoms with Crippen LogP contribution in [0, 0.1) is 17.1 Å². The number of hydrogen-bond donors (Lipinski definition) is 1. The van der Waals surface area contributed by atoms with Gasteiger partial charge in [0.1, 0.15) is 5.75 Å². The molecule has 2 aliphatic heterocycles. The number of rotatable bonds is 7. The Morgan fingerprint density at radius 2 is 1.95 bits per heavy atom. The van der Waals surface area contributed by atoms with Crippen molar-refractivity contribution in [2.45, 2.75) is 12.6 Å². The number of alkyl halides is 3. The van der Waals surface area contributed by atoms with Gasteiger partial charge in [-0.2, -0.15) is 23.4 Å². The summed E-state index contributed by atoms with van der Waals surface area (Å²) >= 11 is 1.13. The second-order valence-corrected chi connectivity index (χ2v) is 9.21. The van der Waals surface area contributed by atoms with Gasteiger partial charge in [-0.15, -0.1) is 0 Å². The van der Waals surface area contributed by atoms with Gasteiger partial charge >= 0.3 is 6.18 Å². The molecule has 2 aromatic rings. The zero-order chi connectivity index (χ0) is 26.4. The minimum absolute atomic E-state index is 0.200. The van der Waals surface area contributed by atoms with Crippen molar-refractivity contribution in [2.75, 3.05) is 39.4 Å². The minimum atomic E-state index is -4.79. The lowest BCUT2D eigenvalue weighted by molar-refractivity contribution is -0.138. The molecule has 1 fully saturated rings. The molecule has 0 radical (unpaired) electrons. The Morgan fingerprint density at radius 3 is 2.65 bits per heavy atom. The van der Waals surface area contributed by atoms with E-state index in [1.54, 1.807) is 6.07 Å². The molecule has 0 bridgehead atoms. The minimum Gasteiger partial charge on any atom is -0.454 e. The van der Waals surface area contributed by atoms with E-state index >= 15 is 0 Å². The number of nitrogens with zero attached hydrogens (tertiary/aromatic N) is 3. The number of benzene rings is 2. The van der Waals surface area contributed by atoms with E-state index in [1.807, 2.05) is 0 Å². The summed E-state index contributed by atoms with van der Waals surface area (Å²) in [5.41, 5.74) is -1.07. The number of morpholine rings is 1. The number of nitriles is 1. The zero-order valence-corrected chi connectivity index (χ0v) is 20.3. The van der Waals surface area contributed by atoms with Gasteiger partial charge in [-0.1, -0.05) is 6.07 Å². The van der Waals surface area contributed by atoms with Crippen molar-refractivity contribution in [1.82, 2.24) is 10.2 Å². The van der Waals surface area contributed by atoms with Crippen LogP contribution in [-0.2, 0) is 15.7 Å². The van der Waals surface area contributed by atoms with Crippen LogP contribution in [0.1, 0.15) is 23.1 Å². The molecule has 7 nitrogen and oxygen atoms in total. The molecule has 2 aromatic carbocycles.